The first-order chi connectivity index (χ1) is 12.3. The SMILES string of the molecule is CCCc1c(C(=O)NCCc2cccc(C(=O)O)c2)[nH]c(C)c1C(C)=O. The number of aromatic nitrogens is 1. The summed E-state index contributed by atoms with van der Waals surface area (Å²) in [5.74, 6) is -1.27. The Kier molecular flexibility index (Phi) is 6.33. The Labute approximate surface area is 152 Å². The molecule has 2 aromatic rings. The van der Waals surface area contributed by atoms with Crippen molar-refractivity contribution in [1.82, 2.24) is 10.3 Å². The van der Waals surface area contributed by atoms with E-state index in [0.29, 0.717) is 36.3 Å². The second kappa shape index (κ2) is 8.47. The molecular weight excluding hydrogens is 332 g/mol. The lowest BCUT2D eigenvalue weighted by Crippen LogP contribution is -2.27. The molecule has 26 heavy (non-hydrogen) atoms. The topological polar surface area (TPSA) is 99.3 Å². The number of aryl methyl sites for hydroxylation is 1. The van der Waals surface area contributed by atoms with Gasteiger partial charge in [-0.3, -0.25) is 9.59 Å². The molecule has 0 aliphatic rings. The Morgan fingerprint density at radius 1 is 1.19 bits per heavy atom. The minimum Gasteiger partial charge on any atom is -0.478 e. The number of aromatic carboxylic acids is 1. The van der Waals surface area contributed by atoms with Gasteiger partial charge in [-0.1, -0.05) is 25.5 Å². The lowest BCUT2D eigenvalue weighted by Gasteiger charge is -2.07. The summed E-state index contributed by atoms with van der Waals surface area (Å²) in [6, 6.07) is 6.65. The van der Waals surface area contributed by atoms with Gasteiger partial charge in [0.1, 0.15) is 5.69 Å². The monoisotopic (exact) mass is 356 g/mol. The van der Waals surface area contributed by atoms with Crippen LogP contribution in [0.25, 0.3) is 0 Å². The predicted molar refractivity (Wildman–Crippen MR) is 99.0 cm³/mol. The number of carboxylic acids is 1. The van der Waals surface area contributed by atoms with E-state index in [-0.39, 0.29) is 17.3 Å². The first kappa shape index (κ1) is 19.4. The summed E-state index contributed by atoms with van der Waals surface area (Å²) in [4.78, 5) is 38.5. The summed E-state index contributed by atoms with van der Waals surface area (Å²) in [5.41, 5.74) is 3.58. The number of benzene rings is 1. The zero-order valence-electron chi connectivity index (χ0n) is 15.3. The van der Waals surface area contributed by atoms with Gasteiger partial charge in [0.15, 0.2) is 5.78 Å². The zero-order chi connectivity index (χ0) is 19.3. The minimum absolute atomic E-state index is 0.0493. The molecule has 0 spiro atoms. The number of nitrogens with one attached hydrogen (secondary N) is 2. The number of carbonyl (C=O) groups excluding carboxylic acids is 2. The third-order valence-electron chi connectivity index (χ3n) is 4.24. The molecule has 2 rings (SSSR count). The van der Waals surface area contributed by atoms with Crippen LogP contribution >= 0.6 is 0 Å². The number of rotatable bonds is 8. The summed E-state index contributed by atoms with van der Waals surface area (Å²) >= 11 is 0. The van der Waals surface area contributed by atoms with E-state index in [1.54, 1.807) is 19.1 Å². The van der Waals surface area contributed by atoms with E-state index in [1.165, 1.54) is 13.0 Å². The summed E-state index contributed by atoms with van der Waals surface area (Å²) in [7, 11) is 0. The van der Waals surface area contributed by atoms with Crippen molar-refractivity contribution in [3.8, 4) is 0 Å². The number of amides is 1. The fourth-order valence-corrected chi connectivity index (χ4v) is 3.12. The van der Waals surface area contributed by atoms with E-state index in [4.69, 9.17) is 5.11 Å². The van der Waals surface area contributed by atoms with Gasteiger partial charge in [0.25, 0.3) is 5.91 Å². The van der Waals surface area contributed by atoms with Crippen molar-refractivity contribution in [3.05, 3.63) is 57.9 Å². The Bertz CT molecular complexity index is 836. The van der Waals surface area contributed by atoms with E-state index in [9.17, 15) is 14.4 Å². The summed E-state index contributed by atoms with van der Waals surface area (Å²) in [6.45, 7) is 5.68. The molecule has 1 aromatic heterocycles. The molecule has 0 saturated heterocycles. The average molecular weight is 356 g/mol. The molecule has 6 heteroatoms. The smallest absolute Gasteiger partial charge is 0.335 e. The third kappa shape index (κ3) is 4.39. The molecule has 0 saturated carbocycles. The Morgan fingerprint density at radius 3 is 2.54 bits per heavy atom. The maximum atomic E-state index is 12.5. The fraction of sp³-hybridized carbons (Fsp3) is 0.350. The van der Waals surface area contributed by atoms with E-state index in [2.05, 4.69) is 10.3 Å². The molecule has 0 aliphatic carbocycles. The third-order valence-corrected chi connectivity index (χ3v) is 4.24. The van der Waals surface area contributed by atoms with Gasteiger partial charge in [-0.2, -0.15) is 0 Å². The van der Waals surface area contributed by atoms with Gasteiger partial charge in [-0.05, 0) is 49.9 Å². The molecule has 1 amide bonds. The molecule has 0 bridgehead atoms. The largest absolute Gasteiger partial charge is 0.478 e. The van der Waals surface area contributed by atoms with Crippen molar-refractivity contribution >= 4 is 17.7 Å². The highest BCUT2D eigenvalue weighted by molar-refractivity contribution is 6.02. The summed E-state index contributed by atoms with van der Waals surface area (Å²) in [5, 5.41) is 11.9. The molecular formula is C20H24N2O4. The van der Waals surface area contributed by atoms with Crippen molar-refractivity contribution in [1.29, 1.82) is 0 Å². The van der Waals surface area contributed by atoms with Crippen LogP contribution in [0.15, 0.2) is 24.3 Å². The van der Waals surface area contributed by atoms with Gasteiger partial charge in [-0.25, -0.2) is 4.79 Å². The first-order valence-electron chi connectivity index (χ1n) is 8.68. The molecule has 6 nitrogen and oxygen atoms in total. The van der Waals surface area contributed by atoms with Gasteiger partial charge in [0.2, 0.25) is 0 Å². The van der Waals surface area contributed by atoms with Crippen LogP contribution in [0.5, 0.6) is 0 Å². The van der Waals surface area contributed by atoms with Crippen LogP contribution in [-0.4, -0.2) is 34.3 Å². The van der Waals surface area contributed by atoms with E-state index in [1.807, 2.05) is 13.0 Å². The van der Waals surface area contributed by atoms with Gasteiger partial charge < -0.3 is 15.4 Å². The average Bonchev–Trinajstić information content (AvgIpc) is 2.92. The van der Waals surface area contributed by atoms with Crippen molar-refractivity contribution in [2.45, 2.75) is 40.0 Å². The molecule has 1 heterocycles. The number of hydrogen-bond donors (Lipinski definition) is 3. The fourth-order valence-electron chi connectivity index (χ4n) is 3.12. The van der Waals surface area contributed by atoms with Crippen LogP contribution in [-0.2, 0) is 12.8 Å². The van der Waals surface area contributed by atoms with E-state index < -0.39 is 5.97 Å². The maximum absolute atomic E-state index is 12.5. The number of carboxylic acid groups (broad SMARTS) is 1. The molecule has 1 aromatic carbocycles. The van der Waals surface area contributed by atoms with Gasteiger partial charge in [-0.15, -0.1) is 0 Å². The highest BCUT2D eigenvalue weighted by Gasteiger charge is 2.21. The molecule has 0 radical (unpaired) electrons. The van der Waals surface area contributed by atoms with Crippen LogP contribution in [0.1, 0.15) is 68.3 Å². The number of Topliss-reactive ketones (excluding diaryl/α,β-unsaturated/α-hetero) is 1. The Balaban J connectivity index is 2.08. The number of aromatic amines is 1. The Hall–Kier alpha value is -2.89. The normalized spacial score (nSPS) is 10.6. The van der Waals surface area contributed by atoms with Crippen LogP contribution < -0.4 is 5.32 Å². The van der Waals surface area contributed by atoms with Crippen molar-refractivity contribution in [2.24, 2.45) is 0 Å². The molecule has 0 atom stereocenters. The Morgan fingerprint density at radius 2 is 1.92 bits per heavy atom. The van der Waals surface area contributed by atoms with Gasteiger partial charge in [0.05, 0.1) is 5.56 Å². The molecule has 0 fully saturated rings. The second-order valence-electron chi connectivity index (χ2n) is 6.30. The van der Waals surface area contributed by atoms with Gasteiger partial charge in [0, 0.05) is 17.8 Å². The first-order valence-corrected chi connectivity index (χ1v) is 8.68. The van der Waals surface area contributed by atoms with Gasteiger partial charge >= 0.3 is 5.97 Å². The molecule has 0 aliphatic heterocycles. The molecule has 138 valence electrons. The quantitative estimate of drug-likeness (QED) is 0.633. The number of hydrogen-bond acceptors (Lipinski definition) is 3. The van der Waals surface area contributed by atoms with Crippen molar-refractivity contribution in [2.75, 3.05) is 6.54 Å². The zero-order valence-corrected chi connectivity index (χ0v) is 15.3. The second-order valence-corrected chi connectivity index (χ2v) is 6.30. The van der Waals surface area contributed by atoms with Crippen LogP contribution in [0.2, 0.25) is 0 Å². The van der Waals surface area contributed by atoms with Crippen LogP contribution in [0, 0.1) is 6.92 Å². The highest BCUT2D eigenvalue weighted by Crippen LogP contribution is 2.21. The van der Waals surface area contributed by atoms with Crippen LogP contribution in [0.4, 0.5) is 0 Å². The van der Waals surface area contributed by atoms with E-state index >= 15 is 0 Å². The maximum Gasteiger partial charge on any atom is 0.335 e. The minimum atomic E-state index is -0.973. The number of H-pyrrole nitrogens is 1. The standard InChI is InChI=1S/C20H24N2O4/c1-4-6-16-17(13(3)23)12(2)22-18(16)19(24)21-10-9-14-7-5-8-15(11-14)20(25)26/h5,7-8,11,22H,4,6,9-10H2,1-3H3,(H,21,24)(H,25,26). The van der Waals surface area contributed by atoms with Crippen LogP contribution in [0.3, 0.4) is 0 Å². The molecule has 0 unspecified atom stereocenters. The lowest BCUT2D eigenvalue weighted by molar-refractivity contribution is 0.0696. The van der Waals surface area contributed by atoms with E-state index in [0.717, 1.165) is 17.5 Å². The lowest BCUT2D eigenvalue weighted by atomic mass is 10.0. The summed E-state index contributed by atoms with van der Waals surface area (Å²) in [6.07, 6.45) is 2.01. The highest BCUT2D eigenvalue weighted by atomic mass is 16.4. The number of carbonyl (C=O) groups is 3. The predicted octanol–water partition coefficient (Wildman–Crippen LogP) is 3.15. The number of ketones is 1. The van der Waals surface area contributed by atoms with Crippen molar-refractivity contribution in [3.63, 3.8) is 0 Å². The summed E-state index contributed by atoms with van der Waals surface area (Å²) < 4.78 is 0. The molecule has 3 N–H and O–H groups in total. The van der Waals surface area contributed by atoms with Crippen molar-refractivity contribution < 1.29 is 19.5 Å².